The van der Waals surface area contributed by atoms with Crippen molar-refractivity contribution in [2.75, 3.05) is 6.54 Å². The number of nitrogens with zero attached hydrogens (tertiary/aromatic N) is 1. The molecule has 2 aromatic carbocycles. The molecule has 130 valence electrons. The normalized spacial score (nSPS) is 20.5. The molecule has 0 bridgehead atoms. The molecule has 5 heteroatoms. The lowest BCUT2D eigenvalue weighted by Crippen LogP contribution is -2.48. The molecule has 25 heavy (non-hydrogen) atoms. The standard InChI is InChI=1S/C20H19Cl2NO2/c1-3-7-15(13-10-11-17(21)18(22)12-13)20(25)16-9-6-5-8-14(16)19(24)23(20)4-2/h3,5-6,8-12,15,25H,1,4,7H2,2H3/t15-,20+/m0/s1. The summed E-state index contributed by atoms with van der Waals surface area (Å²) >= 11 is 12.2. The molecule has 0 fully saturated rings. The first-order valence-electron chi connectivity index (χ1n) is 8.14. The Bertz CT molecular complexity index is 836. The summed E-state index contributed by atoms with van der Waals surface area (Å²) in [6.45, 7) is 6.06. The summed E-state index contributed by atoms with van der Waals surface area (Å²) in [4.78, 5) is 14.3. The zero-order chi connectivity index (χ0) is 18.2. The molecule has 1 aliphatic rings. The molecule has 3 nitrogen and oxygen atoms in total. The molecule has 0 radical (unpaired) electrons. The molecule has 1 heterocycles. The summed E-state index contributed by atoms with van der Waals surface area (Å²) in [6, 6.07) is 12.5. The summed E-state index contributed by atoms with van der Waals surface area (Å²) < 4.78 is 0. The van der Waals surface area contributed by atoms with Crippen LogP contribution >= 0.6 is 23.2 Å². The van der Waals surface area contributed by atoms with Crippen LogP contribution in [0.25, 0.3) is 0 Å². The van der Waals surface area contributed by atoms with E-state index in [0.29, 0.717) is 34.1 Å². The zero-order valence-corrected chi connectivity index (χ0v) is 15.4. The van der Waals surface area contributed by atoms with E-state index < -0.39 is 11.6 Å². The SMILES string of the molecule is C=CC[C@@H](c1ccc(Cl)c(Cl)c1)[C@@]1(O)c2ccccc2C(=O)N1CC. The monoisotopic (exact) mass is 375 g/mol. The molecular formula is C20H19Cl2NO2. The van der Waals surface area contributed by atoms with Gasteiger partial charge in [-0.25, -0.2) is 0 Å². The van der Waals surface area contributed by atoms with Crippen molar-refractivity contribution in [1.82, 2.24) is 4.90 Å². The van der Waals surface area contributed by atoms with Crippen molar-refractivity contribution in [3.05, 3.63) is 81.9 Å². The first-order chi connectivity index (χ1) is 11.9. The predicted molar refractivity (Wildman–Crippen MR) is 101 cm³/mol. The highest BCUT2D eigenvalue weighted by Gasteiger charge is 2.52. The highest BCUT2D eigenvalue weighted by molar-refractivity contribution is 6.42. The van der Waals surface area contributed by atoms with Crippen molar-refractivity contribution in [3.8, 4) is 0 Å². The van der Waals surface area contributed by atoms with Gasteiger partial charge in [0.15, 0.2) is 5.72 Å². The van der Waals surface area contributed by atoms with Gasteiger partial charge >= 0.3 is 0 Å². The fourth-order valence-corrected chi connectivity index (χ4v) is 3.93. The number of hydrogen-bond donors (Lipinski definition) is 1. The lowest BCUT2D eigenvalue weighted by atomic mass is 9.81. The van der Waals surface area contributed by atoms with Crippen LogP contribution in [0.15, 0.2) is 55.1 Å². The third-order valence-electron chi connectivity index (χ3n) is 4.76. The van der Waals surface area contributed by atoms with E-state index in [4.69, 9.17) is 23.2 Å². The number of hydrogen-bond acceptors (Lipinski definition) is 2. The fourth-order valence-electron chi connectivity index (χ4n) is 3.63. The van der Waals surface area contributed by atoms with Gasteiger partial charge in [0.2, 0.25) is 0 Å². The van der Waals surface area contributed by atoms with E-state index >= 15 is 0 Å². The van der Waals surface area contributed by atoms with E-state index in [2.05, 4.69) is 6.58 Å². The first-order valence-corrected chi connectivity index (χ1v) is 8.90. The Morgan fingerprint density at radius 1 is 1.24 bits per heavy atom. The Balaban J connectivity index is 2.21. The molecule has 0 saturated carbocycles. The molecule has 1 N–H and O–H groups in total. The highest BCUT2D eigenvalue weighted by atomic mass is 35.5. The number of carbonyl (C=O) groups excluding carboxylic acids is 1. The number of carbonyl (C=O) groups is 1. The average Bonchev–Trinajstić information content (AvgIpc) is 2.83. The van der Waals surface area contributed by atoms with Crippen LogP contribution in [0.5, 0.6) is 0 Å². The van der Waals surface area contributed by atoms with Crippen LogP contribution in [-0.2, 0) is 5.72 Å². The van der Waals surface area contributed by atoms with E-state index in [1.165, 1.54) is 4.90 Å². The van der Waals surface area contributed by atoms with Gasteiger partial charge in [0.25, 0.3) is 5.91 Å². The highest BCUT2D eigenvalue weighted by Crippen LogP contribution is 2.48. The summed E-state index contributed by atoms with van der Waals surface area (Å²) in [7, 11) is 0. The quantitative estimate of drug-likeness (QED) is 0.749. The number of halogens is 2. The van der Waals surface area contributed by atoms with Crippen LogP contribution in [0.1, 0.15) is 40.7 Å². The van der Waals surface area contributed by atoms with E-state index in [0.717, 1.165) is 5.56 Å². The van der Waals surface area contributed by atoms with Crippen LogP contribution in [-0.4, -0.2) is 22.5 Å². The second-order valence-electron chi connectivity index (χ2n) is 6.07. The third kappa shape index (κ3) is 2.77. The van der Waals surface area contributed by atoms with E-state index in [-0.39, 0.29) is 5.91 Å². The van der Waals surface area contributed by atoms with Gasteiger partial charge in [-0.3, -0.25) is 4.79 Å². The van der Waals surface area contributed by atoms with E-state index in [1.807, 2.05) is 19.1 Å². The van der Waals surface area contributed by atoms with Gasteiger partial charge in [0.05, 0.1) is 10.0 Å². The lowest BCUT2D eigenvalue weighted by Gasteiger charge is -2.40. The molecule has 2 aromatic rings. The summed E-state index contributed by atoms with van der Waals surface area (Å²) in [5.74, 6) is -0.581. The number of likely N-dealkylation sites (N-methyl/N-ethyl adjacent to an activating group) is 1. The number of amides is 1. The van der Waals surface area contributed by atoms with Crippen molar-refractivity contribution < 1.29 is 9.90 Å². The summed E-state index contributed by atoms with van der Waals surface area (Å²) in [5.41, 5.74) is 0.480. The van der Waals surface area contributed by atoms with Gasteiger partial charge in [-0.05, 0) is 37.1 Å². The van der Waals surface area contributed by atoms with Crippen molar-refractivity contribution in [3.63, 3.8) is 0 Å². The maximum Gasteiger partial charge on any atom is 0.256 e. The number of fused-ring (bicyclic) bond motifs is 1. The van der Waals surface area contributed by atoms with Crippen LogP contribution in [0.4, 0.5) is 0 Å². The topological polar surface area (TPSA) is 40.5 Å². The van der Waals surface area contributed by atoms with Crippen LogP contribution in [0.3, 0.4) is 0 Å². The molecule has 1 amide bonds. The Morgan fingerprint density at radius 2 is 1.96 bits per heavy atom. The van der Waals surface area contributed by atoms with E-state index in [1.54, 1.807) is 36.4 Å². The minimum atomic E-state index is -1.46. The van der Waals surface area contributed by atoms with Crippen molar-refractivity contribution in [2.24, 2.45) is 0 Å². The fraction of sp³-hybridized carbons (Fsp3) is 0.250. The second kappa shape index (κ2) is 6.83. The van der Waals surface area contributed by atoms with Crippen LogP contribution < -0.4 is 0 Å². The van der Waals surface area contributed by atoms with Gasteiger partial charge in [-0.1, -0.05) is 53.5 Å². The molecule has 0 saturated heterocycles. The molecule has 3 rings (SSSR count). The van der Waals surface area contributed by atoms with Gasteiger partial charge in [0.1, 0.15) is 0 Å². The van der Waals surface area contributed by atoms with Crippen LogP contribution in [0.2, 0.25) is 10.0 Å². The molecular weight excluding hydrogens is 357 g/mol. The molecule has 0 aliphatic carbocycles. The van der Waals surface area contributed by atoms with Crippen molar-refractivity contribution >= 4 is 29.1 Å². The Hall–Kier alpha value is -1.81. The van der Waals surface area contributed by atoms with E-state index in [9.17, 15) is 9.90 Å². The van der Waals surface area contributed by atoms with Gasteiger partial charge < -0.3 is 10.0 Å². The van der Waals surface area contributed by atoms with Gasteiger partial charge in [-0.2, -0.15) is 0 Å². The molecule has 0 spiro atoms. The number of benzene rings is 2. The van der Waals surface area contributed by atoms with Gasteiger partial charge in [0, 0.05) is 23.6 Å². The number of aliphatic hydroxyl groups is 1. The largest absolute Gasteiger partial charge is 0.366 e. The minimum Gasteiger partial charge on any atom is -0.366 e. The maximum absolute atomic E-state index is 12.8. The van der Waals surface area contributed by atoms with Crippen LogP contribution in [0, 0.1) is 0 Å². The number of allylic oxidation sites excluding steroid dienone is 1. The Morgan fingerprint density at radius 3 is 2.60 bits per heavy atom. The smallest absolute Gasteiger partial charge is 0.256 e. The van der Waals surface area contributed by atoms with Crippen molar-refractivity contribution in [2.45, 2.75) is 25.0 Å². The molecule has 0 unspecified atom stereocenters. The van der Waals surface area contributed by atoms with Crippen molar-refractivity contribution in [1.29, 1.82) is 0 Å². The molecule has 0 aromatic heterocycles. The number of rotatable bonds is 5. The summed E-state index contributed by atoms with van der Waals surface area (Å²) in [6.07, 6.45) is 2.22. The molecule has 2 atom stereocenters. The van der Waals surface area contributed by atoms with Gasteiger partial charge in [-0.15, -0.1) is 6.58 Å². The Labute approximate surface area is 157 Å². The lowest BCUT2D eigenvalue weighted by molar-refractivity contribution is -0.103. The predicted octanol–water partition coefficient (Wildman–Crippen LogP) is 4.97. The average molecular weight is 376 g/mol. The zero-order valence-electron chi connectivity index (χ0n) is 13.9. The first kappa shape index (κ1) is 18.0. The Kier molecular flexibility index (Phi) is 4.92. The second-order valence-corrected chi connectivity index (χ2v) is 6.89. The maximum atomic E-state index is 12.8. The minimum absolute atomic E-state index is 0.172. The molecule has 1 aliphatic heterocycles. The summed E-state index contributed by atoms with van der Waals surface area (Å²) in [5, 5.41) is 12.6. The third-order valence-corrected chi connectivity index (χ3v) is 5.50.